The number of rotatable bonds is 2. The minimum Gasteiger partial charge on any atom is -0.348 e. The first kappa shape index (κ1) is 14.2. The number of benzene rings is 2. The molecule has 0 atom stereocenters. The summed E-state index contributed by atoms with van der Waals surface area (Å²) in [5.74, 6) is 1.61. The van der Waals surface area contributed by atoms with Crippen LogP contribution in [0.1, 0.15) is 22.9 Å². The number of nitrogens with zero attached hydrogens (tertiary/aromatic N) is 5. The van der Waals surface area contributed by atoms with Gasteiger partial charge in [-0.25, -0.2) is 4.98 Å². The van der Waals surface area contributed by atoms with E-state index in [4.69, 9.17) is 0 Å². The minimum atomic E-state index is 0.140. The van der Waals surface area contributed by atoms with Gasteiger partial charge >= 0.3 is 0 Å². The lowest BCUT2D eigenvalue weighted by molar-refractivity contribution is 0.756. The van der Waals surface area contributed by atoms with Gasteiger partial charge in [-0.15, -0.1) is 0 Å². The van der Waals surface area contributed by atoms with Gasteiger partial charge in [0, 0.05) is 18.8 Å². The molecule has 0 fully saturated rings. The van der Waals surface area contributed by atoms with E-state index < -0.39 is 0 Å². The summed E-state index contributed by atoms with van der Waals surface area (Å²) in [6, 6.07) is 19.4. The lowest BCUT2D eigenvalue weighted by atomic mass is 10.0. The molecular weight excluding hydrogens is 310 g/mol. The maximum atomic E-state index is 4.46. The van der Waals surface area contributed by atoms with Crippen molar-refractivity contribution in [1.29, 1.82) is 0 Å². The van der Waals surface area contributed by atoms with Crippen molar-refractivity contribution in [3.63, 3.8) is 0 Å². The van der Waals surface area contributed by atoms with Crippen molar-refractivity contribution >= 4 is 11.6 Å². The van der Waals surface area contributed by atoms with Crippen LogP contribution in [0.2, 0.25) is 0 Å². The third kappa shape index (κ3) is 1.99. The van der Waals surface area contributed by atoms with Gasteiger partial charge in [0.2, 0.25) is 0 Å². The predicted octanol–water partition coefficient (Wildman–Crippen LogP) is 3.64. The molecule has 5 nitrogen and oxygen atoms in total. The summed E-state index contributed by atoms with van der Waals surface area (Å²) in [4.78, 5) is 11.0. The fourth-order valence-corrected chi connectivity index (χ4v) is 3.84. The van der Waals surface area contributed by atoms with E-state index in [1.54, 1.807) is 10.8 Å². The molecule has 4 aromatic rings. The number of hydrogen-bond acceptors (Lipinski definition) is 4. The van der Waals surface area contributed by atoms with Crippen molar-refractivity contribution in [2.45, 2.75) is 13.0 Å². The van der Waals surface area contributed by atoms with Gasteiger partial charge in [-0.2, -0.15) is 14.6 Å². The highest BCUT2D eigenvalue weighted by molar-refractivity contribution is 5.80. The smallest absolute Gasteiger partial charge is 0.254 e. The maximum Gasteiger partial charge on any atom is 0.254 e. The van der Waals surface area contributed by atoms with Crippen LogP contribution >= 0.6 is 0 Å². The molecule has 25 heavy (non-hydrogen) atoms. The molecule has 122 valence electrons. The fourth-order valence-electron chi connectivity index (χ4n) is 3.84. The standard InChI is InChI=1S/C20H17N5/c1-13-11-18(25-20(23-13)21-12-22-25)24(2)19-16-9-5-3-7-14(16)15-8-4-6-10-17(15)19/h3-12,19H,1-2H3. The van der Waals surface area contributed by atoms with Gasteiger partial charge in [0.05, 0.1) is 6.04 Å². The largest absolute Gasteiger partial charge is 0.348 e. The second kappa shape index (κ2) is 5.14. The molecule has 0 radical (unpaired) electrons. The predicted molar refractivity (Wildman–Crippen MR) is 97.6 cm³/mol. The SMILES string of the molecule is Cc1cc(N(C)C2c3ccccc3-c3ccccc32)n2ncnc2n1. The van der Waals surface area contributed by atoms with Gasteiger partial charge in [0.1, 0.15) is 12.1 Å². The van der Waals surface area contributed by atoms with Crippen molar-refractivity contribution in [2.75, 3.05) is 11.9 Å². The lowest BCUT2D eigenvalue weighted by Crippen LogP contribution is -2.26. The van der Waals surface area contributed by atoms with Crippen LogP contribution < -0.4 is 4.90 Å². The normalized spacial score (nSPS) is 13.0. The average molecular weight is 327 g/mol. The lowest BCUT2D eigenvalue weighted by Gasteiger charge is -2.28. The summed E-state index contributed by atoms with van der Waals surface area (Å²) in [5.41, 5.74) is 6.16. The van der Waals surface area contributed by atoms with Gasteiger partial charge in [-0.3, -0.25) is 0 Å². The van der Waals surface area contributed by atoms with Crippen LogP contribution in [-0.2, 0) is 0 Å². The van der Waals surface area contributed by atoms with Crippen molar-refractivity contribution in [1.82, 2.24) is 19.6 Å². The summed E-state index contributed by atoms with van der Waals surface area (Å²) >= 11 is 0. The van der Waals surface area contributed by atoms with Crippen LogP contribution in [0.5, 0.6) is 0 Å². The van der Waals surface area contributed by atoms with Gasteiger partial charge in [0.25, 0.3) is 5.78 Å². The Morgan fingerprint density at radius 2 is 1.60 bits per heavy atom. The highest BCUT2D eigenvalue weighted by atomic mass is 15.4. The molecule has 0 aliphatic heterocycles. The highest BCUT2D eigenvalue weighted by Gasteiger charge is 2.32. The van der Waals surface area contributed by atoms with Crippen molar-refractivity contribution < 1.29 is 0 Å². The highest BCUT2D eigenvalue weighted by Crippen LogP contribution is 2.46. The molecule has 0 bridgehead atoms. The van der Waals surface area contributed by atoms with Crippen LogP contribution in [0.4, 0.5) is 5.82 Å². The van der Waals surface area contributed by atoms with Crippen molar-refractivity contribution in [3.8, 4) is 11.1 Å². The summed E-state index contributed by atoms with van der Waals surface area (Å²) in [5, 5.41) is 4.37. The molecule has 0 unspecified atom stereocenters. The third-order valence-electron chi connectivity index (χ3n) is 4.91. The summed E-state index contributed by atoms with van der Waals surface area (Å²) in [6.45, 7) is 1.99. The molecule has 5 heteroatoms. The first-order valence-corrected chi connectivity index (χ1v) is 8.32. The molecule has 0 amide bonds. The van der Waals surface area contributed by atoms with E-state index in [-0.39, 0.29) is 6.04 Å². The summed E-state index contributed by atoms with van der Waals surface area (Å²) in [7, 11) is 2.11. The molecule has 1 aliphatic carbocycles. The molecule has 1 aliphatic rings. The molecule has 0 saturated heterocycles. The molecule has 5 rings (SSSR count). The van der Waals surface area contributed by atoms with Crippen LogP contribution in [0.25, 0.3) is 16.9 Å². The minimum absolute atomic E-state index is 0.140. The number of aryl methyl sites for hydroxylation is 1. The Kier molecular flexibility index (Phi) is 2.91. The molecule has 2 aromatic heterocycles. The van der Waals surface area contributed by atoms with Crippen LogP contribution in [0.15, 0.2) is 60.9 Å². The Labute approximate surface area is 145 Å². The molecule has 2 heterocycles. The quantitative estimate of drug-likeness (QED) is 0.564. The summed E-state index contributed by atoms with van der Waals surface area (Å²) in [6.07, 6.45) is 1.55. The topological polar surface area (TPSA) is 46.3 Å². The van der Waals surface area contributed by atoms with E-state index >= 15 is 0 Å². The third-order valence-corrected chi connectivity index (χ3v) is 4.91. The van der Waals surface area contributed by atoms with Gasteiger partial charge in [0.15, 0.2) is 0 Å². The Morgan fingerprint density at radius 3 is 2.28 bits per heavy atom. The molecule has 0 saturated carbocycles. The maximum absolute atomic E-state index is 4.46. The van der Waals surface area contributed by atoms with E-state index in [9.17, 15) is 0 Å². The number of fused-ring (bicyclic) bond motifs is 4. The van der Waals surface area contributed by atoms with E-state index in [1.807, 2.05) is 6.92 Å². The average Bonchev–Trinajstić information content (AvgIpc) is 3.22. The Morgan fingerprint density at radius 1 is 0.960 bits per heavy atom. The zero-order chi connectivity index (χ0) is 17.0. The first-order chi connectivity index (χ1) is 12.2. The fraction of sp³-hybridized carbons (Fsp3) is 0.150. The van der Waals surface area contributed by atoms with Gasteiger partial charge in [-0.1, -0.05) is 48.5 Å². The first-order valence-electron chi connectivity index (χ1n) is 8.32. The molecule has 2 aromatic carbocycles. The number of hydrogen-bond donors (Lipinski definition) is 0. The second-order valence-electron chi connectivity index (χ2n) is 6.42. The Bertz CT molecular complexity index is 1050. The second-order valence-corrected chi connectivity index (χ2v) is 6.42. The Hall–Kier alpha value is -3.21. The van der Waals surface area contributed by atoms with Crippen molar-refractivity contribution in [2.24, 2.45) is 0 Å². The monoisotopic (exact) mass is 327 g/mol. The van der Waals surface area contributed by atoms with Crippen LogP contribution in [0.3, 0.4) is 0 Å². The van der Waals surface area contributed by atoms with Gasteiger partial charge < -0.3 is 4.90 Å². The Balaban J connectivity index is 1.74. The van der Waals surface area contributed by atoms with E-state index in [2.05, 4.69) is 81.6 Å². The molecule has 0 N–H and O–H groups in total. The van der Waals surface area contributed by atoms with E-state index in [1.165, 1.54) is 22.3 Å². The van der Waals surface area contributed by atoms with Gasteiger partial charge in [-0.05, 0) is 29.2 Å². The van der Waals surface area contributed by atoms with Crippen LogP contribution in [-0.4, -0.2) is 26.6 Å². The van der Waals surface area contributed by atoms with Crippen LogP contribution in [0, 0.1) is 6.92 Å². The molecule has 0 spiro atoms. The zero-order valence-corrected chi connectivity index (χ0v) is 14.1. The zero-order valence-electron chi connectivity index (χ0n) is 14.1. The van der Waals surface area contributed by atoms with Crippen molar-refractivity contribution in [3.05, 3.63) is 77.7 Å². The van der Waals surface area contributed by atoms with E-state index in [0.717, 1.165) is 11.5 Å². The molecular formula is C20H17N5. The summed E-state index contributed by atoms with van der Waals surface area (Å²) < 4.78 is 1.80. The number of aromatic nitrogens is 4. The van der Waals surface area contributed by atoms with E-state index in [0.29, 0.717) is 5.78 Å². The number of anilines is 1.